The van der Waals surface area contributed by atoms with E-state index in [0.717, 1.165) is 0 Å². The van der Waals surface area contributed by atoms with Crippen molar-refractivity contribution in [2.45, 2.75) is 38.8 Å². The number of aliphatic carboxylic acids is 1. The molecule has 264 valence electrons. The van der Waals surface area contributed by atoms with E-state index in [1.165, 1.54) is 25.3 Å². The standard InChI is InChI=1S/C30H40N10O9/c1-18(41)32-11-13-49-15-14-48-12-8-24(43)34-10-9-33-23(42)7-6-22(29(46)47)38-27(44)19-2-4-20(5-3-19)35-16-21-17-36-26-25(37-21)28(45)40-30(31)39-26/h2-5,17,22,35H,6-16H2,1H3,(H,32,41)(H,33,42)(H,34,43)(H,38,44)(H,46,47)(H3,31,36,39,40,45). The van der Waals surface area contributed by atoms with Crippen molar-refractivity contribution in [1.82, 2.24) is 41.2 Å². The first-order chi connectivity index (χ1) is 23.5. The van der Waals surface area contributed by atoms with Crippen LogP contribution in [0.1, 0.15) is 42.2 Å². The van der Waals surface area contributed by atoms with Gasteiger partial charge in [0.25, 0.3) is 11.5 Å². The third-order valence-corrected chi connectivity index (χ3v) is 6.61. The lowest BCUT2D eigenvalue weighted by atomic mass is 10.1. The third kappa shape index (κ3) is 13.9. The summed E-state index contributed by atoms with van der Waals surface area (Å²) < 4.78 is 10.6. The first-order valence-corrected chi connectivity index (χ1v) is 15.3. The Labute approximate surface area is 280 Å². The molecule has 0 fully saturated rings. The van der Waals surface area contributed by atoms with Gasteiger partial charge in [-0.15, -0.1) is 0 Å². The van der Waals surface area contributed by atoms with Crippen molar-refractivity contribution in [1.29, 1.82) is 0 Å². The van der Waals surface area contributed by atoms with E-state index in [0.29, 0.717) is 37.7 Å². The number of carbonyl (C=O) groups is 5. The summed E-state index contributed by atoms with van der Waals surface area (Å²) in [6.45, 7) is 3.54. The zero-order valence-electron chi connectivity index (χ0n) is 26.9. The Balaban J connectivity index is 1.30. The summed E-state index contributed by atoms with van der Waals surface area (Å²) in [6, 6.07) is 4.92. The highest BCUT2D eigenvalue weighted by atomic mass is 16.5. The van der Waals surface area contributed by atoms with Crippen LogP contribution in [0, 0.1) is 0 Å². The second-order valence-corrected chi connectivity index (χ2v) is 10.5. The van der Waals surface area contributed by atoms with E-state index >= 15 is 0 Å². The smallest absolute Gasteiger partial charge is 0.326 e. The lowest BCUT2D eigenvalue weighted by Crippen LogP contribution is -2.42. The number of carbonyl (C=O) groups excluding carboxylic acids is 4. The number of hydrogen-bond acceptors (Lipinski definition) is 13. The number of aromatic nitrogens is 4. The minimum Gasteiger partial charge on any atom is -0.480 e. The van der Waals surface area contributed by atoms with Crippen LogP contribution in [0.15, 0.2) is 35.3 Å². The normalized spacial score (nSPS) is 11.4. The van der Waals surface area contributed by atoms with Crippen molar-refractivity contribution >= 4 is 52.4 Å². The molecular weight excluding hydrogens is 644 g/mol. The van der Waals surface area contributed by atoms with E-state index in [2.05, 4.69) is 46.5 Å². The molecule has 0 radical (unpaired) electrons. The quantitative estimate of drug-likeness (QED) is 0.0603. The summed E-state index contributed by atoms with van der Waals surface area (Å²) in [6.07, 6.45) is 1.26. The molecule has 0 bridgehead atoms. The number of nitrogens with two attached hydrogens (primary N) is 1. The fourth-order valence-electron chi connectivity index (χ4n) is 4.13. The molecule has 0 aliphatic heterocycles. The predicted octanol–water partition coefficient (Wildman–Crippen LogP) is -1.34. The molecule has 0 saturated carbocycles. The number of anilines is 2. The lowest BCUT2D eigenvalue weighted by Gasteiger charge is -2.15. The van der Waals surface area contributed by atoms with Crippen LogP contribution in [0.25, 0.3) is 11.2 Å². The topological polar surface area (TPSA) is 282 Å². The molecule has 0 saturated heterocycles. The van der Waals surface area contributed by atoms with Crippen molar-refractivity contribution in [3.8, 4) is 0 Å². The van der Waals surface area contributed by atoms with Gasteiger partial charge in [-0.25, -0.2) is 14.8 Å². The Hall–Kier alpha value is -5.69. The van der Waals surface area contributed by atoms with Crippen molar-refractivity contribution < 1.29 is 38.6 Å². The highest BCUT2D eigenvalue weighted by molar-refractivity contribution is 5.97. The number of rotatable bonds is 21. The minimum absolute atomic E-state index is 0.0459. The fraction of sp³-hybridized carbons (Fsp3) is 0.433. The summed E-state index contributed by atoms with van der Waals surface area (Å²) in [5.41, 5.74) is 6.46. The number of ether oxygens (including phenoxy) is 2. The van der Waals surface area contributed by atoms with Crippen LogP contribution in [0.5, 0.6) is 0 Å². The van der Waals surface area contributed by atoms with Crippen LogP contribution in [-0.4, -0.2) is 107 Å². The van der Waals surface area contributed by atoms with Gasteiger partial charge in [-0.1, -0.05) is 0 Å². The lowest BCUT2D eigenvalue weighted by molar-refractivity contribution is -0.139. The van der Waals surface area contributed by atoms with Crippen molar-refractivity contribution in [2.24, 2.45) is 0 Å². The molecule has 1 unspecified atom stereocenters. The Morgan fingerprint density at radius 1 is 0.898 bits per heavy atom. The Kier molecular flexibility index (Phi) is 15.3. The number of aromatic amines is 1. The van der Waals surface area contributed by atoms with Gasteiger partial charge in [-0.05, 0) is 30.7 Å². The Bertz CT molecular complexity index is 1650. The number of fused-ring (bicyclic) bond motifs is 1. The van der Waals surface area contributed by atoms with Gasteiger partial charge in [-0.2, -0.15) is 4.98 Å². The number of nitrogens with zero attached hydrogens (tertiary/aromatic N) is 3. The second-order valence-electron chi connectivity index (χ2n) is 10.5. The molecule has 0 spiro atoms. The maximum atomic E-state index is 12.7. The van der Waals surface area contributed by atoms with Crippen molar-refractivity contribution in [3.05, 3.63) is 52.1 Å². The molecule has 0 aliphatic carbocycles. The van der Waals surface area contributed by atoms with Gasteiger partial charge < -0.3 is 46.9 Å². The summed E-state index contributed by atoms with van der Waals surface area (Å²) >= 11 is 0. The molecule has 1 aromatic carbocycles. The molecule has 1 atom stereocenters. The highest BCUT2D eigenvalue weighted by Crippen LogP contribution is 2.12. The van der Waals surface area contributed by atoms with Crippen LogP contribution in [0.4, 0.5) is 11.6 Å². The number of carboxylic acid groups (broad SMARTS) is 1. The molecule has 0 aliphatic rings. The van der Waals surface area contributed by atoms with Crippen molar-refractivity contribution in [2.75, 3.05) is 57.1 Å². The first kappa shape index (κ1) is 37.8. The Morgan fingerprint density at radius 3 is 2.24 bits per heavy atom. The number of hydrogen-bond donors (Lipinski definition) is 8. The monoisotopic (exact) mass is 684 g/mol. The number of nitrogen functional groups attached to an aromatic ring is 1. The van der Waals surface area contributed by atoms with E-state index in [1.807, 2.05) is 0 Å². The first-order valence-electron chi connectivity index (χ1n) is 15.3. The molecule has 3 rings (SSSR count). The van der Waals surface area contributed by atoms with Gasteiger partial charge >= 0.3 is 5.97 Å². The second kappa shape index (κ2) is 19.9. The highest BCUT2D eigenvalue weighted by Gasteiger charge is 2.22. The number of benzene rings is 1. The molecular formula is C30H40N10O9. The minimum atomic E-state index is -1.31. The molecule has 2 heterocycles. The van der Waals surface area contributed by atoms with Crippen LogP contribution in [-0.2, 0) is 35.2 Å². The van der Waals surface area contributed by atoms with E-state index in [9.17, 15) is 33.9 Å². The van der Waals surface area contributed by atoms with Gasteiger partial charge in [-0.3, -0.25) is 29.0 Å². The number of nitrogens with one attached hydrogen (secondary N) is 6. The average Bonchev–Trinajstić information content (AvgIpc) is 3.06. The molecule has 19 heteroatoms. The summed E-state index contributed by atoms with van der Waals surface area (Å²) in [4.78, 5) is 86.0. The molecule has 49 heavy (non-hydrogen) atoms. The largest absolute Gasteiger partial charge is 0.480 e. The van der Waals surface area contributed by atoms with Crippen LogP contribution in [0.3, 0.4) is 0 Å². The number of H-pyrrole nitrogens is 1. The van der Waals surface area contributed by atoms with E-state index in [1.54, 1.807) is 12.1 Å². The van der Waals surface area contributed by atoms with Gasteiger partial charge in [0.15, 0.2) is 11.2 Å². The Morgan fingerprint density at radius 2 is 1.57 bits per heavy atom. The van der Waals surface area contributed by atoms with Gasteiger partial charge in [0.1, 0.15) is 6.04 Å². The fourth-order valence-corrected chi connectivity index (χ4v) is 4.13. The summed E-state index contributed by atoms with van der Waals surface area (Å²) in [7, 11) is 0. The average molecular weight is 685 g/mol. The predicted molar refractivity (Wildman–Crippen MR) is 175 cm³/mol. The zero-order valence-corrected chi connectivity index (χ0v) is 26.9. The van der Waals surface area contributed by atoms with E-state index in [4.69, 9.17) is 15.2 Å². The summed E-state index contributed by atoms with van der Waals surface area (Å²) in [5.74, 6) is -2.82. The molecule has 3 aromatic rings. The van der Waals surface area contributed by atoms with Crippen LogP contribution >= 0.6 is 0 Å². The van der Waals surface area contributed by atoms with Gasteiger partial charge in [0.05, 0.1) is 44.9 Å². The van der Waals surface area contributed by atoms with E-state index in [-0.39, 0.29) is 80.0 Å². The number of carboxylic acids is 1. The number of amides is 4. The van der Waals surface area contributed by atoms with Crippen LogP contribution in [0.2, 0.25) is 0 Å². The maximum absolute atomic E-state index is 12.7. The van der Waals surface area contributed by atoms with E-state index < -0.39 is 29.4 Å². The SMILES string of the molecule is CC(=O)NCCOCCOCCC(=O)NCCNC(=O)CCC(NC(=O)c1ccc(NCc2cnc3nc(N)[nH]c(=O)c3n2)cc1)C(=O)O. The maximum Gasteiger partial charge on any atom is 0.326 e. The van der Waals surface area contributed by atoms with Gasteiger partial charge in [0, 0.05) is 50.7 Å². The molecule has 19 nitrogen and oxygen atoms in total. The van der Waals surface area contributed by atoms with Gasteiger partial charge in [0.2, 0.25) is 23.7 Å². The molecule has 2 aromatic heterocycles. The zero-order chi connectivity index (χ0) is 35.6. The summed E-state index contributed by atoms with van der Waals surface area (Å²) in [5, 5.41) is 22.9. The molecule has 9 N–H and O–H groups in total. The van der Waals surface area contributed by atoms with Crippen molar-refractivity contribution in [3.63, 3.8) is 0 Å². The third-order valence-electron chi connectivity index (χ3n) is 6.61. The van der Waals surface area contributed by atoms with Crippen LogP contribution < -0.4 is 37.9 Å². The molecule has 4 amide bonds.